The molecular weight excluding hydrogens is 202 g/mol. The lowest BCUT2D eigenvalue weighted by Crippen LogP contribution is -2.13. The number of aromatic nitrogens is 2. The second kappa shape index (κ2) is 3.33. The number of carbonyl (C=O) groups excluding carboxylic acids is 1. The molecule has 1 amide bonds. The van der Waals surface area contributed by atoms with E-state index in [2.05, 4.69) is 25.8 Å². The second-order valence-electron chi connectivity index (χ2n) is 4.89. The van der Waals surface area contributed by atoms with Gasteiger partial charge in [-0.2, -0.15) is 0 Å². The monoisotopic (exact) mass is 217 g/mol. The maximum atomic E-state index is 11.1. The van der Waals surface area contributed by atoms with Gasteiger partial charge in [-0.3, -0.25) is 4.79 Å². The van der Waals surface area contributed by atoms with Gasteiger partial charge in [-0.05, 0) is 11.5 Å². The molecule has 16 heavy (non-hydrogen) atoms. The van der Waals surface area contributed by atoms with Crippen LogP contribution in [0.25, 0.3) is 5.65 Å². The van der Waals surface area contributed by atoms with E-state index in [0.29, 0.717) is 5.69 Å². The van der Waals surface area contributed by atoms with Gasteiger partial charge in [0.1, 0.15) is 11.3 Å². The van der Waals surface area contributed by atoms with Gasteiger partial charge in [0, 0.05) is 18.0 Å². The van der Waals surface area contributed by atoms with Gasteiger partial charge in [0.15, 0.2) is 0 Å². The first-order valence-corrected chi connectivity index (χ1v) is 5.17. The minimum Gasteiger partial charge on any atom is -0.364 e. The molecule has 0 spiro atoms. The highest BCUT2D eigenvalue weighted by atomic mass is 16.1. The van der Waals surface area contributed by atoms with E-state index in [1.165, 1.54) is 0 Å². The average molecular weight is 217 g/mol. The molecule has 4 nitrogen and oxygen atoms in total. The van der Waals surface area contributed by atoms with Crippen LogP contribution in [0.4, 0.5) is 0 Å². The minimum absolute atomic E-state index is 0.0111. The molecule has 0 atom stereocenters. The predicted molar refractivity (Wildman–Crippen MR) is 62.4 cm³/mol. The first kappa shape index (κ1) is 10.7. The van der Waals surface area contributed by atoms with Crippen molar-refractivity contribution in [2.45, 2.75) is 26.2 Å². The van der Waals surface area contributed by atoms with Gasteiger partial charge in [0.05, 0.1) is 0 Å². The molecule has 4 heteroatoms. The summed E-state index contributed by atoms with van der Waals surface area (Å²) in [7, 11) is 0. The second-order valence-corrected chi connectivity index (χ2v) is 4.89. The number of primary amides is 1. The smallest absolute Gasteiger partial charge is 0.268 e. The van der Waals surface area contributed by atoms with Crippen molar-refractivity contribution in [3.63, 3.8) is 0 Å². The molecule has 0 radical (unpaired) electrons. The van der Waals surface area contributed by atoms with E-state index in [-0.39, 0.29) is 5.41 Å². The number of carbonyl (C=O) groups is 1. The third-order valence-corrected chi connectivity index (χ3v) is 2.54. The van der Waals surface area contributed by atoms with Crippen LogP contribution in [0, 0.1) is 0 Å². The molecular formula is C12H15N3O. The van der Waals surface area contributed by atoms with Crippen molar-refractivity contribution in [2.24, 2.45) is 5.73 Å². The number of rotatable bonds is 1. The van der Waals surface area contributed by atoms with Crippen molar-refractivity contribution in [3.8, 4) is 0 Å². The minimum atomic E-state index is -0.497. The van der Waals surface area contributed by atoms with Gasteiger partial charge in [0.25, 0.3) is 5.91 Å². The summed E-state index contributed by atoms with van der Waals surface area (Å²) < 4.78 is 1.83. The predicted octanol–water partition coefficient (Wildman–Crippen LogP) is 1.73. The molecule has 0 saturated heterocycles. The van der Waals surface area contributed by atoms with Crippen molar-refractivity contribution < 1.29 is 4.79 Å². The van der Waals surface area contributed by atoms with Crippen LogP contribution in [-0.4, -0.2) is 15.3 Å². The van der Waals surface area contributed by atoms with Crippen molar-refractivity contribution in [1.82, 2.24) is 9.38 Å². The molecule has 0 aliphatic rings. The lowest BCUT2D eigenvalue weighted by molar-refractivity contribution is 0.0996. The molecule has 2 aromatic rings. The highest BCUT2D eigenvalue weighted by Gasteiger charge is 2.19. The molecule has 2 rings (SSSR count). The first-order valence-electron chi connectivity index (χ1n) is 5.17. The molecule has 0 aliphatic heterocycles. The largest absolute Gasteiger partial charge is 0.364 e. The SMILES string of the molecule is CC(C)(C)c1cccn2cc(C(N)=O)nc12. The van der Waals surface area contributed by atoms with Crippen LogP contribution in [0.2, 0.25) is 0 Å². The number of hydrogen-bond acceptors (Lipinski definition) is 2. The Kier molecular flexibility index (Phi) is 2.22. The standard InChI is InChI=1S/C12H15N3O/c1-12(2,3)8-5-4-6-15-7-9(10(13)16)14-11(8)15/h4-7H,1-3H3,(H2,13,16). The lowest BCUT2D eigenvalue weighted by Gasteiger charge is -2.19. The van der Waals surface area contributed by atoms with Crippen LogP contribution in [-0.2, 0) is 5.41 Å². The van der Waals surface area contributed by atoms with Gasteiger partial charge in [0.2, 0.25) is 0 Å². The van der Waals surface area contributed by atoms with E-state index in [4.69, 9.17) is 5.73 Å². The lowest BCUT2D eigenvalue weighted by atomic mass is 9.88. The van der Waals surface area contributed by atoms with E-state index in [1.54, 1.807) is 6.20 Å². The zero-order chi connectivity index (χ0) is 11.9. The van der Waals surface area contributed by atoms with Gasteiger partial charge >= 0.3 is 0 Å². The normalized spacial score (nSPS) is 11.9. The molecule has 2 N–H and O–H groups in total. The van der Waals surface area contributed by atoms with Gasteiger partial charge < -0.3 is 10.1 Å². The third-order valence-electron chi connectivity index (χ3n) is 2.54. The Balaban J connectivity index is 2.73. The summed E-state index contributed by atoms with van der Waals surface area (Å²) in [6.45, 7) is 6.34. The fourth-order valence-electron chi connectivity index (χ4n) is 1.72. The maximum Gasteiger partial charge on any atom is 0.268 e. The molecule has 84 valence electrons. The van der Waals surface area contributed by atoms with Crippen LogP contribution < -0.4 is 5.73 Å². The van der Waals surface area contributed by atoms with Crippen molar-refractivity contribution >= 4 is 11.6 Å². The van der Waals surface area contributed by atoms with Crippen LogP contribution >= 0.6 is 0 Å². The van der Waals surface area contributed by atoms with E-state index < -0.39 is 5.91 Å². The van der Waals surface area contributed by atoms with Gasteiger partial charge in [-0.15, -0.1) is 0 Å². The number of fused-ring (bicyclic) bond motifs is 1. The zero-order valence-corrected chi connectivity index (χ0v) is 9.69. The molecule has 2 heterocycles. The summed E-state index contributed by atoms with van der Waals surface area (Å²) in [6.07, 6.45) is 3.52. The van der Waals surface area contributed by atoms with Crippen molar-refractivity contribution in [2.75, 3.05) is 0 Å². The fraction of sp³-hybridized carbons (Fsp3) is 0.333. The van der Waals surface area contributed by atoms with Crippen LogP contribution in [0.3, 0.4) is 0 Å². The van der Waals surface area contributed by atoms with E-state index in [0.717, 1.165) is 11.2 Å². The van der Waals surface area contributed by atoms with Crippen LogP contribution in [0.5, 0.6) is 0 Å². The topological polar surface area (TPSA) is 60.4 Å². The highest BCUT2D eigenvalue weighted by molar-refractivity contribution is 5.91. The Morgan fingerprint density at radius 2 is 2.12 bits per heavy atom. The Hall–Kier alpha value is -1.84. The Labute approximate surface area is 94.1 Å². The molecule has 0 unspecified atom stereocenters. The molecule has 2 aromatic heterocycles. The highest BCUT2D eigenvalue weighted by Crippen LogP contribution is 2.25. The Morgan fingerprint density at radius 3 is 2.69 bits per heavy atom. The molecule has 0 aromatic carbocycles. The third kappa shape index (κ3) is 1.66. The Morgan fingerprint density at radius 1 is 1.44 bits per heavy atom. The summed E-state index contributed by atoms with van der Waals surface area (Å²) in [5.41, 5.74) is 7.41. The number of nitrogens with zero attached hydrogens (tertiary/aromatic N) is 2. The summed E-state index contributed by atoms with van der Waals surface area (Å²) in [5, 5.41) is 0. The summed E-state index contributed by atoms with van der Waals surface area (Å²) in [6, 6.07) is 3.97. The number of imidazole rings is 1. The molecule has 0 aliphatic carbocycles. The summed E-state index contributed by atoms with van der Waals surface area (Å²) in [5.74, 6) is -0.497. The van der Waals surface area contributed by atoms with E-state index in [1.807, 2.05) is 22.7 Å². The average Bonchev–Trinajstić information content (AvgIpc) is 2.58. The Bertz CT molecular complexity index is 549. The number of amides is 1. The quantitative estimate of drug-likeness (QED) is 0.790. The van der Waals surface area contributed by atoms with Crippen LogP contribution in [0.15, 0.2) is 24.5 Å². The van der Waals surface area contributed by atoms with Gasteiger partial charge in [-0.1, -0.05) is 26.8 Å². The maximum absolute atomic E-state index is 11.1. The number of nitrogens with two attached hydrogens (primary N) is 1. The van der Waals surface area contributed by atoms with Gasteiger partial charge in [-0.25, -0.2) is 4.98 Å². The summed E-state index contributed by atoms with van der Waals surface area (Å²) in [4.78, 5) is 15.3. The number of hydrogen-bond donors (Lipinski definition) is 1. The van der Waals surface area contributed by atoms with E-state index in [9.17, 15) is 4.79 Å². The summed E-state index contributed by atoms with van der Waals surface area (Å²) >= 11 is 0. The molecule has 0 fully saturated rings. The molecule has 0 saturated carbocycles. The van der Waals surface area contributed by atoms with Crippen molar-refractivity contribution in [3.05, 3.63) is 35.8 Å². The van der Waals surface area contributed by atoms with Crippen LogP contribution in [0.1, 0.15) is 36.8 Å². The fourth-order valence-corrected chi connectivity index (χ4v) is 1.72. The van der Waals surface area contributed by atoms with E-state index >= 15 is 0 Å². The van der Waals surface area contributed by atoms with Crippen molar-refractivity contribution in [1.29, 1.82) is 0 Å². The first-order chi connectivity index (χ1) is 7.39. The number of pyridine rings is 1. The molecule has 0 bridgehead atoms. The zero-order valence-electron chi connectivity index (χ0n) is 9.69.